The number of methoxy groups -OCH3 is 1. The van der Waals surface area contributed by atoms with Gasteiger partial charge in [0.15, 0.2) is 5.78 Å². The molecule has 2 aromatic rings. The van der Waals surface area contributed by atoms with Crippen molar-refractivity contribution in [1.82, 2.24) is 0 Å². The largest absolute Gasteiger partial charge is 0.496 e. The van der Waals surface area contributed by atoms with Gasteiger partial charge in [0.05, 0.1) is 7.11 Å². The van der Waals surface area contributed by atoms with E-state index in [0.29, 0.717) is 6.42 Å². The molecule has 2 aromatic carbocycles. The summed E-state index contributed by atoms with van der Waals surface area (Å²) in [4.78, 5) is 12.2. The number of Topliss-reactive ketones (excluding diaryl/α,β-unsaturated/α-hetero) is 1. The van der Waals surface area contributed by atoms with Crippen LogP contribution in [0.25, 0.3) is 10.8 Å². The van der Waals surface area contributed by atoms with Gasteiger partial charge in [-0.2, -0.15) is 0 Å². The molecule has 0 atom stereocenters. The van der Waals surface area contributed by atoms with Gasteiger partial charge in [-0.1, -0.05) is 31.2 Å². The first-order valence-electron chi connectivity index (χ1n) is 6.28. The summed E-state index contributed by atoms with van der Waals surface area (Å²) < 4.78 is 5.39. The molecule has 18 heavy (non-hydrogen) atoms. The van der Waals surface area contributed by atoms with Crippen molar-refractivity contribution < 1.29 is 9.53 Å². The maximum Gasteiger partial charge on any atom is 0.163 e. The predicted octanol–water partition coefficient (Wildman–Crippen LogP) is 4.14. The first-order chi connectivity index (χ1) is 8.69. The summed E-state index contributed by atoms with van der Waals surface area (Å²) in [7, 11) is 1.66. The van der Waals surface area contributed by atoms with E-state index >= 15 is 0 Å². The van der Waals surface area contributed by atoms with Gasteiger partial charge in [0, 0.05) is 17.4 Å². The Labute approximate surface area is 108 Å². The summed E-state index contributed by atoms with van der Waals surface area (Å²) in [6, 6.07) is 9.87. The fraction of sp³-hybridized carbons (Fsp3) is 0.312. The predicted molar refractivity (Wildman–Crippen MR) is 74.5 cm³/mol. The zero-order chi connectivity index (χ0) is 13.1. The Kier molecular flexibility index (Phi) is 3.66. The number of rotatable bonds is 4. The summed E-state index contributed by atoms with van der Waals surface area (Å²) in [5, 5.41) is 2.00. The first kappa shape index (κ1) is 12.6. The van der Waals surface area contributed by atoms with Crippen LogP contribution in [0.1, 0.15) is 35.7 Å². The Morgan fingerprint density at radius 1 is 1.22 bits per heavy atom. The van der Waals surface area contributed by atoms with E-state index in [9.17, 15) is 4.79 Å². The number of carbonyl (C=O) groups is 1. The molecule has 0 fully saturated rings. The van der Waals surface area contributed by atoms with Crippen LogP contribution in [0.2, 0.25) is 0 Å². The fourth-order valence-electron chi connectivity index (χ4n) is 2.37. The number of hydrogen-bond donors (Lipinski definition) is 0. The normalized spacial score (nSPS) is 10.6. The van der Waals surface area contributed by atoms with E-state index < -0.39 is 0 Å². The number of fused-ring (bicyclic) bond motifs is 1. The van der Waals surface area contributed by atoms with E-state index in [4.69, 9.17) is 4.74 Å². The molecule has 94 valence electrons. The van der Waals surface area contributed by atoms with E-state index in [0.717, 1.165) is 34.1 Å². The first-order valence-corrected chi connectivity index (χ1v) is 6.28. The average Bonchev–Trinajstić information content (AvgIpc) is 2.37. The highest BCUT2D eigenvalue weighted by Crippen LogP contribution is 2.31. The molecular formula is C16H18O2. The molecule has 0 aliphatic rings. The quantitative estimate of drug-likeness (QED) is 0.753. The SMILES string of the molecule is CCCC(=O)c1c(C)cc(OC)c2ccccc12. The van der Waals surface area contributed by atoms with Crippen molar-refractivity contribution in [2.45, 2.75) is 26.7 Å². The molecule has 0 bridgehead atoms. The number of ether oxygens (including phenoxy) is 1. The lowest BCUT2D eigenvalue weighted by molar-refractivity contribution is 0.0983. The van der Waals surface area contributed by atoms with E-state index in [1.807, 2.05) is 44.2 Å². The Balaban J connectivity index is 2.73. The summed E-state index contributed by atoms with van der Waals surface area (Å²) in [6.07, 6.45) is 1.47. The summed E-state index contributed by atoms with van der Waals surface area (Å²) >= 11 is 0. The maximum atomic E-state index is 12.2. The second-order valence-electron chi connectivity index (χ2n) is 4.49. The van der Waals surface area contributed by atoms with Gasteiger partial charge in [0.25, 0.3) is 0 Å². The molecule has 0 unspecified atom stereocenters. The third-order valence-electron chi connectivity index (χ3n) is 3.18. The fourth-order valence-corrected chi connectivity index (χ4v) is 2.37. The molecule has 0 saturated carbocycles. The smallest absolute Gasteiger partial charge is 0.163 e. The summed E-state index contributed by atoms with van der Waals surface area (Å²) in [6.45, 7) is 4.00. The van der Waals surface area contributed by atoms with Crippen LogP contribution in [0, 0.1) is 6.92 Å². The minimum atomic E-state index is 0.217. The Hall–Kier alpha value is -1.83. The van der Waals surface area contributed by atoms with Crippen LogP contribution in [-0.2, 0) is 0 Å². The number of benzene rings is 2. The lowest BCUT2D eigenvalue weighted by Crippen LogP contribution is -2.03. The second-order valence-corrected chi connectivity index (χ2v) is 4.49. The molecule has 0 amide bonds. The molecule has 0 aliphatic carbocycles. The van der Waals surface area contributed by atoms with Gasteiger partial charge in [-0.15, -0.1) is 0 Å². The zero-order valence-electron chi connectivity index (χ0n) is 11.1. The van der Waals surface area contributed by atoms with Crippen LogP contribution in [0.5, 0.6) is 5.75 Å². The zero-order valence-corrected chi connectivity index (χ0v) is 11.1. The number of aryl methyl sites for hydroxylation is 1. The van der Waals surface area contributed by atoms with E-state index in [-0.39, 0.29) is 5.78 Å². The van der Waals surface area contributed by atoms with Crippen molar-refractivity contribution in [3.8, 4) is 5.75 Å². The molecule has 2 heteroatoms. The Bertz CT molecular complexity index is 585. The van der Waals surface area contributed by atoms with Crippen LogP contribution in [0.4, 0.5) is 0 Å². The minimum Gasteiger partial charge on any atom is -0.496 e. The molecule has 0 saturated heterocycles. The second kappa shape index (κ2) is 5.21. The molecular weight excluding hydrogens is 224 g/mol. The minimum absolute atomic E-state index is 0.217. The van der Waals surface area contributed by atoms with Gasteiger partial charge < -0.3 is 4.74 Å². The van der Waals surface area contributed by atoms with E-state index in [2.05, 4.69) is 0 Å². The van der Waals surface area contributed by atoms with Crippen LogP contribution < -0.4 is 4.74 Å². The van der Waals surface area contributed by atoms with Crippen molar-refractivity contribution in [2.75, 3.05) is 7.11 Å². The number of ketones is 1. The highest BCUT2D eigenvalue weighted by atomic mass is 16.5. The van der Waals surface area contributed by atoms with Crippen molar-refractivity contribution in [2.24, 2.45) is 0 Å². The molecule has 0 heterocycles. The van der Waals surface area contributed by atoms with Crippen LogP contribution in [0.15, 0.2) is 30.3 Å². The van der Waals surface area contributed by atoms with E-state index in [1.54, 1.807) is 7.11 Å². The van der Waals surface area contributed by atoms with Crippen molar-refractivity contribution in [1.29, 1.82) is 0 Å². The van der Waals surface area contributed by atoms with Gasteiger partial charge in [-0.25, -0.2) is 0 Å². The van der Waals surface area contributed by atoms with Crippen molar-refractivity contribution >= 4 is 16.6 Å². The summed E-state index contributed by atoms with van der Waals surface area (Å²) in [5.74, 6) is 1.05. The monoisotopic (exact) mass is 242 g/mol. The van der Waals surface area contributed by atoms with E-state index in [1.165, 1.54) is 0 Å². The van der Waals surface area contributed by atoms with Crippen molar-refractivity contribution in [3.63, 3.8) is 0 Å². The Morgan fingerprint density at radius 3 is 2.50 bits per heavy atom. The molecule has 0 spiro atoms. The number of carbonyl (C=O) groups excluding carboxylic acids is 1. The van der Waals surface area contributed by atoms with Crippen LogP contribution >= 0.6 is 0 Å². The molecule has 0 radical (unpaired) electrons. The lowest BCUT2D eigenvalue weighted by Gasteiger charge is -2.12. The topological polar surface area (TPSA) is 26.3 Å². The molecule has 0 aromatic heterocycles. The standard InChI is InChI=1S/C16H18O2/c1-4-7-14(17)16-11(2)10-15(18-3)12-8-5-6-9-13(12)16/h5-6,8-10H,4,7H2,1-3H3. The third-order valence-corrected chi connectivity index (χ3v) is 3.18. The van der Waals surface area contributed by atoms with Gasteiger partial charge >= 0.3 is 0 Å². The van der Waals surface area contributed by atoms with Gasteiger partial charge in [0.2, 0.25) is 0 Å². The molecule has 0 aliphatic heterocycles. The van der Waals surface area contributed by atoms with Crippen molar-refractivity contribution in [3.05, 3.63) is 41.5 Å². The molecule has 2 rings (SSSR count). The van der Waals surface area contributed by atoms with Gasteiger partial charge in [-0.05, 0) is 30.4 Å². The third kappa shape index (κ3) is 2.10. The summed E-state index contributed by atoms with van der Waals surface area (Å²) in [5.41, 5.74) is 1.83. The molecule has 0 N–H and O–H groups in total. The van der Waals surface area contributed by atoms with Crippen LogP contribution in [-0.4, -0.2) is 12.9 Å². The number of hydrogen-bond acceptors (Lipinski definition) is 2. The van der Waals surface area contributed by atoms with Gasteiger partial charge in [-0.3, -0.25) is 4.79 Å². The maximum absolute atomic E-state index is 12.2. The Morgan fingerprint density at radius 2 is 1.89 bits per heavy atom. The van der Waals surface area contributed by atoms with Crippen LogP contribution in [0.3, 0.4) is 0 Å². The highest BCUT2D eigenvalue weighted by Gasteiger charge is 2.15. The molecule has 2 nitrogen and oxygen atoms in total. The average molecular weight is 242 g/mol. The highest BCUT2D eigenvalue weighted by molar-refractivity contribution is 6.10. The lowest BCUT2D eigenvalue weighted by atomic mass is 9.94. The van der Waals surface area contributed by atoms with Gasteiger partial charge in [0.1, 0.15) is 5.75 Å².